The number of carbonyl (C=O) groups is 1. The van der Waals surface area contributed by atoms with Gasteiger partial charge in [-0.3, -0.25) is 4.79 Å². The zero-order valence-electron chi connectivity index (χ0n) is 13.4. The molecule has 3 aromatic rings. The SMILES string of the molecule is Cc1noc(CCC(=O)N(C)C(C)c2cc3ccccc3o2)n1. The molecule has 1 aromatic carbocycles. The largest absolute Gasteiger partial charge is 0.459 e. The van der Waals surface area contributed by atoms with E-state index in [9.17, 15) is 4.79 Å². The zero-order valence-corrected chi connectivity index (χ0v) is 13.4. The Balaban J connectivity index is 1.65. The molecular weight excluding hydrogens is 294 g/mol. The Labute approximate surface area is 134 Å². The van der Waals surface area contributed by atoms with E-state index in [0.29, 0.717) is 24.6 Å². The van der Waals surface area contributed by atoms with Gasteiger partial charge in [0.1, 0.15) is 11.3 Å². The maximum atomic E-state index is 12.3. The maximum absolute atomic E-state index is 12.3. The Hall–Kier alpha value is -2.63. The molecule has 1 atom stereocenters. The van der Waals surface area contributed by atoms with Crippen LogP contribution in [-0.4, -0.2) is 28.0 Å². The van der Waals surface area contributed by atoms with Crippen molar-refractivity contribution < 1.29 is 13.7 Å². The topological polar surface area (TPSA) is 72.4 Å². The number of rotatable bonds is 5. The monoisotopic (exact) mass is 313 g/mol. The minimum Gasteiger partial charge on any atom is -0.459 e. The summed E-state index contributed by atoms with van der Waals surface area (Å²) in [5, 5.41) is 4.76. The number of amides is 1. The van der Waals surface area contributed by atoms with Crippen molar-refractivity contribution in [1.29, 1.82) is 0 Å². The second-order valence-corrected chi connectivity index (χ2v) is 5.60. The summed E-state index contributed by atoms with van der Waals surface area (Å²) < 4.78 is 10.9. The first-order chi connectivity index (χ1) is 11.0. The van der Waals surface area contributed by atoms with Crippen LogP contribution in [0, 0.1) is 6.92 Å². The molecule has 0 saturated carbocycles. The van der Waals surface area contributed by atoms with E-state index in [1.54, 1.807) is 18.9 Å². The van der Waals surface area contributed by atoms with Crippen molar-refractivity contribution in [2.45, 2.75) is 32.7 Å². The van der Waals surface area contributed by atoms with Crippen molar-refractivity contribution in [3.63, 3.8) is 0 Å². The fraction of sp³-hybridized carbons (Fsp3) is 0.353. The number of furan rings is 1. The third-order valence-corrected chi connectivity index (χ3v) is 3.95. The Bertz CT molecular complexity index is 788. The minimum absolute atomic E-state index is 0.00816. The van der Waals surface area contributed by atoms with Gasteiger partial charge < -0.3 is 13.8 Å². The van der Waals surface area contributed by atoms with Crippen LogP contribution < -0.4 is 0 Å². The predicted molar refractivity (Wildman–Crippen MR) is 84.8 cm³/mol. The van der Waals surface area contributed by atoms with E-state index in [1.807, 2.05) is 37.3 Å². The van der Waals surface area contributed by atoms with E-state index in [0.717, 1.165) is 16.7 Å². The molecule has 120 valence electrons. The van der Waals surface area contributed by atoms with Gasteiger partial charge in [-0.1, -0.05) is 23.4 Å². The van der Waals surface area contributed by atoms with Crippen LogP contribution in [0.1, 0.15) is 36.9 Å². The maximum Gasteiger partial charge on any atom is 0.227 e. The lowest BCUT2D eigenvalue weighted by Gasteiger charge is -2.23. The molecule has 0 bridgehead atoms. The number of aromatic nitrogens is 2. The molecule has 0 saturated heterocycles. The van der Waals surface area contributed by atoms with Gasteiger partial charge >= 0.3 is 0 Å². The molecule has 0 aliphatic rings. The summed E-state index contributed by atoms with van der Waals surface area (Å²) in [5.41, 5.74) is 0.830. The van der Waals surface area contributed by atoms with Crippen LogP contribution in [0.15, 0.2) is 39.3 Å². The summed E-state index contributed by atoms with van der Waals surface area (Å²) in [6.45, 7) is 3.71. The van der Waals surface area contributed by atoms with E-state index in [2.05, 4.69) is 10.1 Å². The Morgan fingerprint density at radius 3 is 2.83 bits per heavy atom. The quantitative estimate of drug-likeness (QED) is 0.723. The van der Waals surface area contributed by atoms with E-state index < -0.39 is 0 Å². The van der Waals surface area contributed by atoms with Gasteiger partial charge in [-0.25, -0.2) is 0 Å². The van der Waals surface area contributed by atoms with E-state index in [1.165, 1.54) is 0 Å². The second kappa shape index (κ2) is 6.24. The molecule has 1 unspecified atom stereocenters. The molecule has 2 aromatic heterocycles. The standard InChI is InChI=1S/C17H19N3O3/c1-11(15-10-13-6-4-5-7-14(13)22-15)20(3)17(21)9-8-16-18-12(2)19-23-16/h4-7,10-11H,8-9H2,1-3H3. The lowest BCUT2D eigenvalue weighted by atomic mass is 10.2. The van der Waals surface area contributed by atoms with Gasteiger partial charge in [0.15, 0.2) is 5.82 Å². The normalized spacial score (nSPS) is 12.5. The number of carbonyl (C=O) groups excluding carboxylic acids is 1. The van der Waals surface area contributed by atoms with E-state index in [4.69, 9.17) is 8.94 Å². The highest BCUT2D eigenvalue weighted by Gasteiger charge is 2.21. The first-order valence-electron chi connectivity index (χ1n) is 7.58. The summed E-state index contributed by atoms with van der Waals surface area (Å²) in [6.07, 6.45) is 0.763. The summed E-state index contributed by atoms with van der Waals surface area (Å²) in [6, 6.07) is 9.65. The predicted octanol–water partition coefficient (Wildman–Crippen LogP) is 3.28. The summed E-state index contributed by atoms with van der Waals surface area (Å²) in [4.78, 5) is 18.1. The molecule has 6 nitrogen and oxygen atoms in total. The van der Waals surface area contributed by atoms with Crippen LogP contribution in [0.3, 0.4) is 0 Å². The van der Waals surface area contributed by atoms with Gasteiger partial charge in [0.2, 0.25) is 11.8 Å². The van der Waals surface area contributed by atoms with Gasteiger partial charge in [-0.05, 0) is 26.0 Å². The molecule has 0 N–H and O–H groups in total. The fourth-order valence-corrected chi connectivity index (χ4v) is 2.45. The first-order valence-corrected chi connectivity index (χ1v) is 7.58. The first kappa shape index (κ1) is 15.3. The van der Waals surface area contributed by atoms with Crippen molar-refractivity contribution in [3.05, 3.63) is 47.8 Å². The highest BCUT2D eigenvalue weighted by molar-refractivity contribution is 5.79. The molecule has 0 spiro atoms. The van der Waals surface area contributed by atoms with Crippen molar-refractivity contribution in [2.24, 2.45) is 0 Å². The molecular formula is C17H19N3O3. The van der Waals surface area contributed by atoms with Gasteiger partial charge in [0, 0.05) is 25.3 Å². The molecule has 0 aliphatic heterocycles. The van der Waals surface area contributed by atoms with Crippen LogP contribution in [0.5, 0.6) is 0 Å². The smallest absolute Gasteiger partial charge is 0.227 e. The third kappa shape index (κ3) is 3.26. The minimum atomic E-state index is -0.140. The number of aryl methyl sites for hydroxylation is 2. The Kier molecular flexibility index (Phi) is 4.14. The number of para-hydroxylation sites is 1. The van der Waals surface area contributed by atoms with E-state index in [-0.39, 0.29) is 11.9 Å². The Morgan fingerprint density at radius 2 is 2.13 bits per heavy atom. The molecule has 6 heteroatoms. The van der Waals surface area contributed by atoms with Crippen molar-refractivity contribution in [2.75, 3.05) is 7.05 Å². The van der Waals surface area contributed by atoms with E-state index >= 15 is 0 Å². The zero-order chi connectivity index (χ0) is 16.4. The van der Waals surface area contributed by atoms with Crippen molar-refractivity contribution in [1.82, 2.24) is 15.0 Å². The average molecular weight is 313 g/mol. The van der Waals surface area contributed by atoms with Gasteiger partial charge in [-0.2, -0.15) is 4.98 Å². The summed E-state index contributed by atoms with van der Waals surface area (Å²) in [5.74, 6) is 1.85. The summed E-state index contributed by atoms with van der Waals surface area (Å²) in [7, 11) is 1.78. The third-order valence-electron chi connectivity index (χ3n) is 3.95. The van der Waals surface area contributed by atoms with Gasteiger partial charge in [0.05, 0.1) is 6.04 Å². The Morgan fingerprint density at radius 1 is 1.35 bits per heavy atom. The molecule has 0 fully saturated rings. The summed E-state index contributed by atoms with van der Waals surface area (Å²) >= 11 is 0. The highest BCUT2D eigenvalue weighted by atomic mass is 16.5. The molecule has 3 rings (SSSR count). The van der Waals surface area contributed by atoms with Crippen LogP contribution in [0.4, 0.5) is 0 Å². The number of fused-ring (bicyclic) bond motifs is 1. The average Bonchev–Trinajstić information content (AvgIpc) is 3.16. The van der Waals surface area contributed by atoms with Gasteiger partial charge in [-0.15, -0.1) is 0 Å². The van der Waals surface area contributed by atoms with Gasteiger partial charge in [0.25, 0.3) is 0 Å². The number of hydrogen-bond acceptors (Lipinski definition) is 5. The number of hydrogen-bond donors (Lipinski definition) is 0. The number of benzene rings is 1. The van der Waals surface area contributed by atoms with Crippen molar-refractivity contribution >= 4 is 16.9 Å². The van der Waals surface area contributed by atoms with Crippen molar-refractivity contribution in [3.8, 4) is 0 Å². The van der Waals surface area contributed by atoms with Crippen LogP contribution in [0.25, 0.3) is 11.0 Å². The van der Waals surface area contributed by atoms with Crippen LogP contribution in [-0.2, 0) is 11.2 Å². The second-order valence-electron chi connectivity index (χ2n) is 5.60. The lowest BCUT2D eigenvalue weighted by molar-refractivity contribution is -0.132. The molecule has 1 amide bonds. The molecule has 2 heterocycles. The molecule has 23 heavy (non-hydrogen) atoms. The number of nitrogens with zero attached hydrogens (tertiary/aromatic N) is 3. The van der Waals surface area contributed by atoms with Crippen LogP contribution in [0.2, 0.25) is 0 Å². The highest BCUT2D eigenvalue weighted by Crippen LogP contribution is 2.27. The lowest BCUT2D eigenvalue weighted by Crippen LogP contribution is -2.29. The molecule has 0 aliphatic carbocycles. The van der Waals surface area contributed by atoms with Crippen LogP contribution >= 0.6 is 0 Å². The fourth-order valence-electron chi connectivity index (χ4n) is 2.45. The molecule has 0 radical (unpaired) electrons.